The number of ether oxygens (including phenoxy) is 1. The van der Waals surface area contributed by atoms with Gasteiger partial charge in [-0.2, -0.15) is 0 Å². The summed E-state index contributed by atoms with van der Waals surface area (Å²) < 4.78 is 5.99. The summed E-state index contributed by atoms with van der Waals surface area (Å²) in [6.07, 6.45) is 7.60. The lowest BCUT2D eigenvalue weighted by Crippen LogP contribution is -2.41. The molecule has 0 bridgehead atoms. The van der Waals surface area contributed by atoms with Crippen LogP contribution in [0.3, 0.4) is 0 Å². The van der Waals surface area contributed by atoms with E-state index in [0.29, 0.717) is 11.7 Å². The van der Waals surface area contributed by atoms with Gasteiger partial charge in [-0.05, 0) is 92.6 Å². The molecule has 1 N–H and O–H groups in total. The first-order chi connectivity index (χ1) is 15.7. The smallest absolute Gasteiger partial charge is 0.226 e. The minimum Gasteiger partial charge on any atom is -0.508 e. The molecule has 2 aliphatic heterocycles. The van der Waals surface area contributed by atoms with E-state index in [1.807, 2.05) is 12.1 Å². The van der Waals surface area contributed by atoms with Gasteiger partial charge in [0.15, 0.2) is 0 Å². The van der Waals surface area contributed by atoms with Crippen LogP contribution < -0.4 is 4.74 Å². The minimum absolute atomic E-state index is 0.0262. The number of likely N-dealkylation sites (tertiary alicyclic amines) is 1. The second-order valence-electron chi connectivity index (χ2n) is 9.55. The van der Waals surface area contributed by atoms with E-state index in [9.17, 15) is 9.90 Å². The lowest BCUT2D eigenvalue weighted by atomic mass is 9.88. The van der Waals surface area contributed by atoms with Crippen molar-refractivity contribution in [1.29, 1.82) is 0 Å². The second kappa shape index (κ2) is 9.53. The first kappa shape index (κ1) is 21.3. The van der Waals surface area contributed by atoms with E-state index in [2.05, 4.69) is 34.1 Å². The van der Waals surface area contributed by atoms with Crippen molar-refractivity contribution in [2.75, 3.05) is 32.8 Å². The molecular weight excluding hydrogens is 400 g/mol. The third-order valence-electron chi connectivity index (χ3n) is 7.17. The highest BCUT2D eigenvalue weighted by Gasteiger charge is 2.38. The maximum atomic E-state index is 13.0. The number of fused-ring (bicyclic) bond motifs is 1. The normalized spacial score (nSPS) is 21.2. The van der Waals surface area contributed by atoms with Crippen LogP contribution in [0.15, 0.2) is 42.5 Å². The van der Waals surface area contributed by atoms with Crippen LogP contribution in [-0.4, -0.2) is 53.6 Å². The van der Waals surface area contributed by atoms with Crippen molar-refractivity contribution in [2.24, 2.45) is 5.92 Å². The van der Waals surface area contributed by atoms with Gasteiger partial charge in [0.2, 0.25) is 5.91 Å². The quantitative estimate of drug-likeness (QED) is 0.705. The lowest BCUT2D eigenvalue weighted by Gasteiger charge is -2.38. The summed E-state index contributed by atoms with van der Waals surface area (Å²) in [5.41, 5.74) is 3.53. The van der Waals surface area contributed by atoms with E-state index >= 15 is 0 Å². The van der Waals surface area contributed by atoms with Gasteiger partial charge in [0.05, 0.1) is 6.04 Å². The predicted octanol–water partition coefficient (Wildman–Crippen LogP) is 4.34. The number of hydrogen-bond donors (Lipinski definition) is 1. The first-order valence-corrected chi connectivity index (χ1v) is 12.2. The SMILES string of the molecule is O=C(C1CC1)N1CCc2cc(O)ccc2C1Cc1ccc(OCCN2CCCCC2)cc1. The number of piperidine rings is 1. The summed E-state index contributed by atoms with van der Waals surface area (Å²) in [7, 11) is 0. The molecule has 0 aromatic heterocycles. The molecule has 2 fully saturated rings. The van der Waals surface area contributed by atoms with E-state index < -0.39 is 0 Å². The molecule has 5 rings (SSSR count). The molecule has 2 aromatic carbocycles. The zero-order valence-corrected chi connectivity index (χ0v) is 18.8. The molecule has 1 unspecified atom stereocenters. The maximum Gasteiger partial charge on any atom is 0.226 e. The Morgan fingerprint density at radius 1 is 1.00 bits per heavy atom. The topological polar surface area (TPSA) is 53.0 Å². The van der Waals surface area contributed by atoms with Crippen LogP contribution in [0, 0.1) is 5.92 Å². The lowest BCUT2D eigenvalue weighted by molar-refractivity contribution is -0.135. The van der Waals surface area contributed by atoms with Gasteiger partial charge in [-0.15, -0.1) is 0 Å². The van der Waals surface area contributed by atoms with Gasteiger partial charge in [-0.25, -0.2) is 0 Å². The zero-order chi connectivity index (χ0) is 21.9. The summed E-state index contributed by atoms with van der Waals surface area (Å²) >= 11 is 0. The molecule has 32 heavy (non-hydrogen) atoms. The van der Waals surface area contributed by atoms with Crippen LogP contribution >= 0.6 is 0 Å². The van der Waals surface area contributed by atoms with Crippen molar-refractivity contribution in [2.45, 2.75) is 51.0 Å². The largest absolute Gasteiger partial charge is 0.508 e. The molecule has 1 saturated heterocycles. The van der Waals surface area contributed by atoms with Crippen LogP contribution in [0.2, 0.25) is 0 Å². The second-order valence-corrected chi connectivity index (χ2v) is 9.55. The van der Waals surface area contributed by atoms with Crippen molar-refractivity contribution in [3.63, 3.8) is 0 Å². The fourth-order valence-electron chi connectivity index (χ4n) is 5.17. The standard InChI is InChI=1S/C27H34N2O3/c30-23-8-11-25-22(19-23)12-15-29(27(31)21-6-7-21)26(25)18-20-4-9-24(10-5-20)32-17-16-28-13-2-1-3-14-28/h4-5,8-11,19,21,26,30H,1-3,6-7,12-18H2. The summed E-state index contributed by atoms with van der Waals surface area (Å²) in [5, 5.41) is 9.92. The number of carbonyl (C=O) groups excluding carboxylic acids is 1. The van der Waals surface area contributed by atoms with E-state index in [4.69, 9.17) is 4.74 Å². The minimum atomic E-state index is 0.0262. The summed E-state index contributed by atoms with van der Waals surface area (Å²) in [4.78, 5) is 17.6. The highest BCUT2D eigenvalue weighted by Crippen LogP contribution is 2.39. The fourth-order valence-corrected chi connectivity index (χ4v) is 5.17. The Balaban J connectivity index is 1.25. The van der Waals surface area contributed by atoms with E-state index in [0.717, 1.165) is 56.7 Å². The number of carbonyl (C=O) groups is 1. The highest BCUT2D eigenvalue weighted by molar-refractivity contribution is 5.82. The van der Waals surface area contributed by atoms with Crippen molar-refractivity contribution >= 4 is 5.91 Å². The molecule has 1 atom stereocenters. The Morgan fingerprint density at radius 2 is 1.78 bits per heavy atom. The zero-order valence-electron chi connectivity index (χ0n) is 18.8. The Morgan fingerprint density at radius 3 is 2.53 bits per heavy atom. The molecule has 0 spiro atoms. The summed E-state index contributed by atoms with van der Waals surface area (Å²) in [6.45, 7) is 4.83. The molecule has 1 saturated carbocycles. The average Bonchev–Trinajstić information content (AvgIpc) is 3.66. The van der Waals surface area contributed by atoms with Crippen LogP contribution in [-0.2, 0) is 17.6 Å². The highest BCUT2D eigenvalue weighted by atomic mass is 16.5. The van der Waals surface area contributed by atoms with Crippen LogP contribution in [0.25, 0.3) is 0 Å². The molecule has 1 amide bonds. The average molecular weight is 435 g/mol. The molecule has 2 heterocycles. The molecule has 1 aliphatic carbocycles. The van der Waals surface area contributed by atoms with Crippen LogP contribution in [0.4, 0.5) is 0 Å². The first-order valence-electron chi connectivity index (χ1n) is 12.2. The number of amides is 1. The van der Waals surface area contributed by atoms with E-state index in [1.54, 1.807) is 6.07 Å². The number of phenols is 1. The summed E-state index contributed by atoms with van der Waals surface area (Å²) in [6, 6.07) is 14.0. The van der Waals surface area contributed by atoms with Crippen molar-refractivity contribution < 1.29 is 14.6 Å². The van der Waals surface area contributed by atoms with Gasteiger partial charge in [-0.1, -0.05) is 24.6 Å². The van der Waals surface area contributed by atoms with Gasteiger partial charge >= 0.3 is 0 Å². The van der Waals surface area contributed by atoms with Crippen LogP contribution in [0.5, 0.6) is 11.5 Å². The number of hydrogen-bond acceptors (Lipinski definition) is 4. The van der Waals surface area contributed by atoms with Gasteiger partial charge in [-0.3, -0.25) is 9.69 Å². The Labute approximate surface area is 191 Å². The number of nitrogens with zero attached hydrogens (tertiary/aromatic N) is 2. The fraction of sp³-hybridized carbons (Fsp3) is 0.519. The van der Waals surface area contributed by atoms with Gasteiger partial charge in [0.25, 0.3) is 0 Å². The van der Waals surface area contributed by atoms with Crippen molar-refractivity contribution in [3.05, 3.63) is 59.2 Å². The molecule has 3 aliphatic rings. The Hall–Kier alpha value is -2.53. The van der Waals surface area contributed by atoms with Gasteiger partial charge < -0.3 is 14.7 Å². The number of rotatable bonds is 7. The number of aromatic hydroxyl groups is 1. The molecule has 170 valence electrons. The Bertz CT molecular complexity index is 932. The third-order valence-corrected chi connectivity index (χ3v) is 7.17. The van der Waals surface area contributed by atoms with Crippen LogP contribution in [0.1, 0.15) is 54.8 Å². The van der Waals surface area contributed by atoms with E-state index in [1.165, 1.54) is 43.5 Å². The van der Waals surface area contributed by atoms with Gasteiger partial charge in [0, 0.05) is 19.0 Å². The molecule has 5 nitrogen and oxygen atoms in total. The molecule has 2 aromatic rings. The number of benzene rings is 2. The Kier molecular flexibility index (Phi) is 6.35. The summed E-state index contributed by atoms with van der Waals surface area (Å²) in [5.74, 6) is 1.72. The molecule has 5 heteroatoms. The molecular formula is C27H34N2O3. The number of phenolic OH excluding ortho intramolecular Hbond substituents is 1. The third kappa shape index (κ3) is 4.93. The predicted molar refractivity (Wildman–Crippen MR) is 125 cm³/mol. The van der Waals surface area contributed by atoms with Gasteiger partial charge in [0.1, 0.15) is 18.1 Å². The molecule has 0 radical (unpaired) electrons. The monoisotopic (exact) mass is 434 g/mol. The van der Waals surface area contributed by atoms with E-state index in [-0.39, 0.29) is 12.0 Å². The maximum absolute atomic E-state index is 13.0. The van der Waals surface area contributed by atoms with Crippen molar-refractivity contribution in [1.82, 2.24) is 9.80 Å². The van der Waals surface area contributed by atoms with Crippen molar-refractivity contribution in [3.8, 4) is 11.5 Å².